The highest BCUT2D eigenvalue weighted by atomic mass is 16.6. The summed E-state index contributed by atoms with van der Waals surface area (Å²) in [5, 5.41) is 5.42. The lowest BCUT2D eigenvalue weighted by Gasteiger charge is -2.29. The molecule has 8 heteroatoms. The van der Waals surface area contributed by atoms with E-state index in [1.54, 1.807) is 20.8 Å². The van der Waals surface area contributed by atoms with Gasteiger partial charge in [0.25, 0.3) is 0 Å². The topological polar surface area (TPSA) is 103 Å². The molecular weight excluding hydrogens is 376 g/mol. The zero-order valence-electron chi connectivity index (χ0n) is 17.4. The average Bonchev–Trinajstić information content (AvgIpc) is 3.10. The minimum Gasteiger partial charge on any atom is -0.467 e. The summed E-state index contributed by atoms with van der Waals surface area (Å²) in [6, 6.07) is 7.99. The largest absolute Gasteiger partial charge is 0.467 e. The fourth-order valence-corrected chi connectivity index (χ4v) is 3.39. The standard InChI is InChI=1S/C21H30N2O6/c1-21(2,3)29-20(26)22-16-12-8-11-15(16)17(18(24)27-4)23-19(25)28-13-14-9-6-5-7-10-14/h5-7,9-10,15-17H,8,11-13H2,1-4H3,(H,22,26)(H,23,25)/t15-,16-,17+/m0/s1. The van der Waals surface area contributed by atoms with E-state index >= 15 is 0 Å². The molecule has 1 saturated carbocycles. The summed E-state index contributed by atoms with van der Waals surface area (Å²) in [5.74, 6) is -0.899. The molecule has 0 unspecified atom stereocenters. The highest BCUT2D eigenvalue weighted by molar-refractivity contribution is 5.82. The maximum absolute atomic E-state index is 12.3. The quantitative estimate of drug-likeness (QED) is 0.556. The number of hydrogen-bond donors (Lipinski definition) is 2. The van der Waals surface area contributed by atoms with E-state index in [-0.39, 0.29) is 18.6 Å². The van der Waals surface area contributed by atoms with Gasteiger partial charge in [0.2, 0.25) is 0 Å². The van der Waals surface area contributed by atoms with Crippen molar-refractivity contribution in [3.8, 4) is 0 Å². The van der Waals surface area contributed by atoms with Crippen LogP contribution in [0.3, 0.4) is 0 Å². The summed E-state index contributed by atoms with van der Waals surface area (Å²) in [6.45, 7) is 5.42. The first kappa shape index (κ1) is 22.5. The number of amides is 2. The Bertz CT molecular complexity index is 701. The smallest absolute Gasteiger partial charge is 0.408 e. The second-order valence-corrected chi connectivity index (χ2v) is 8.05. The molecule has 1 aliphatic carbocycles. The van der Waals surface area contributed by atoms with Crippen LogP contribution in [-0.4, -0.2) is 43.0 Å². The van der Waals surface area contributed by atoms with E-state index < -0.39 is 29.8 Å². The molecule has 8 nitrogen and oxygen atoms in total. The number of benzene rings is 1. The predicted octanol–water partition coefficient (Wildman–Crippen LogP) is 3.15. The van der Waals surface area contributed by atoms with Gasteiger partial charge in [0.1, 0.15) is 18.2 Å². The van der Waals surface area contributed by atoms with Crippen LogP contribution < -0.4 is 10.6 Å². The zero-order chi connectivity index (χ0) is 21.4. The van der Waals surface area contributed by atoms with Crippen molar-refractivity contribution in [1.82, 2.24) is 10.6 Å². The van der Waals surface area contributed by atoms with E-state index in [0.29, 0.717) is 12.8 Å². The van der Waals surface area contributed by atoms with Crippen LogP contribution in [-0.2, 0) is 25.6 Å². The Hall–Kier alpha value is -2.77. The Kier molecular flexibility index (Phi) is 7.87. The molecule has 1 aromatic carbocycles. The number of hydrogen-bond acceptors (Lipinski definition) is 6. The van der Waals surface area contributed by atoms with Gasteiger partial charge in [0.15, 0.2) is 0 Å². The summed E-state index contributed by atoms with van der Waals surface area (Å²) in [6.07, 6.45) is 0.869. The molecule has 3 atom stereocenters. The number of ether oxygens (including phenoxy) is 3. The number of carbonyl (C=O) groups excluding carboxylic acids is 3. The number of carbonyl (C=O) groups is 3. The summed E-state index contributed by atoms with van der Waals surface area (Å²) in [5.41, 5.74) is 0.210. The Morgan fingerprint density at radius 2 is 1.79 bits per heavy atom. The van der Waals surface area contributed by atoms with Gasteiger partial charge in [0.05, 0.1) is 7.11 Å². The van der Waals surface area contributed by atoms with Crippen molar-refractivity contribution in [2.24, 2.45) is 5.92 Å². The zero-order valence-corrected chi connectivity index (χ0v) is 17.4. The third kappa shape index (κ3) is 7.29. The molecule has 0 radical (unpaired) electrons. The van der Waals surface area contributed by atoms with Crippen molar-refractivity contribution in [3.05, 3.63) is 35.9 Å². The highest BCUT2D eigenvalue weighted by Gasteiger charge is 2.40. The maximum atomic E-state index is 12.3. The van der Waals surface area contributed by atoms with Gasteiger partial charge < -0.3 is 24.8 Å². The van der Waals surface area contributed by atoms with Crippen LogP contribution in [0.25, 0.3) is 0 Å². The molecule has 0 heterocycles. The molecule has 160 valence electrons. The van der Waals surface area contributed by atoms with Crippen LogP contribution in [0.5, 0.6) is 0 Å². The number of rotatable bonds is 6. The lowest BCUT2D eigenvalue weighted by Crippen LogP contribution is -2.52. The van der Waals surface area contributed by atoms with Crippen LogP contribution in [0.15, 0.2) is 30.3 Å². The van der Waals surface area contributed by atoms with Gasteiger partial charge >= 0.3 is 18.2 Å². The molecule has 1 aliphatic rings. The first-order chi connectivity index (χ1) is 13.7. The SMILES string of the molecule is COC(=O)[C@H](NC(=O)OCc1ccccc1)[C@H]1CCC[C@@H]1NC(=O)OC(C)(C)C. The fourth-order valence-electron chi connectivity index (χ4n) is 3.39. The van der Waals surface area contributed by atoms with Crippen molar-refractivity contribution in [3.63, 3.8) is 0 Å². The minimum atomic E-state index is -0.925. The lowest BCUT2D eigenvalue weighted by molar-refractivity contribution is -0.144. The lowest BCUT2D eigenvalue weighted by atomic mass is 9.94. The molecule has 0 saturated heterocycles. The van der Waals surface area contributed by atoms with Crippen molar-refractivity contribution < 1.29 is 28.6 Å². The molecule has 2 amide bonds. The summed E-state index contributed by atoms with van der Waals surface area (Å²) in [7, 11) is 1.26. The summed E-state index contributed by atoms with van der Waals surface area (Å²) < 4.78 is 15.4. The van der Waals surface area contributed by atoms with E-state index in [1.165, 1.54) is 7.11 Å². The first-order valence-corrected chi connectivity index (χ1v) is 9.74. The molecule has 1 aromatic rings. The van der Waals surface area contributed by atoms with Crippen molar-refractivity contribution >= 4 is 18.2 Å². The van der Waals surface area contributed by atoms with E-state index in [0.717, 1.165) is 12.0 Å². The number of esters is 1. The van der Waals surface area contributed by atoms with Gasteiger partial charge in [-0.25, -0.2) is 14.4 Å². The molecule has 2 N–H and O–H groups in total. The maximum Gasteiger partial charge on any atom is 0.408 e. The van der Waals surface area contributed by atoms with Crippen molar-refractivity contribution in [2.45, 2.75) is 64.3 Å². The second kappa shape index (κ2) is 10.1. The minimum absolute atomic E-state index is 0.0881. The molecule has 0 bridgehead atoms. The van der Waals surface area contributed by atoms with E-state index in [1.807, 2.05) is 30.3 Å². The first-order valence-electron chi connectivity index (χ1n) is 9.74. The molecule has 0 spiro atoms. The van der Waals surface area contributed by atoms with E-state index in [2.05, 4.69) is 10.6 Å². The molecule has 1 fully saturated rings. The monoisotopic (exact) mass is 406 g/mol. The van der Waals surface area contributed by atoms with Gasteiger partial charge in [-0.1, -0.05) is 36.8 Å². The third-order valence-electron chi connectivity index (χ3n) is 4.64. The second-order valence-electron chi connectivity index (χ2n) is 8.05. The van der Waals surface area contributed by atoms with Gasteiger partial charge in [-0.3, -0.25) is 0 Å². The molecule has 29 heavy (non-hydrogen) atoms. The van der Waals surface area contributed by atoms with Crippen LogP contribution in [0.2, 0.25) is 0 Å². The fraction of sp³-hybridized carbons (Fsp3) is 0.571. The number of alkyl carbamates (subject to hydrolysis) is 2. The summed E-state index contributed by atoms with van der Waals surface area (Å²) >= 11 is 0. The Balaban J connectivity index is 1.99. The van der Waals surface area contributed by atoms with Gasteiger partial charge in [-0.2, -0.15) is 0 Å². The third-order valence-corrected chi connectivity index (χ3v) is 4.64. The molecular formula is C21H30N2O6. The number of nitrogens with one attached hydrogen (secondary N) is 2. The molecule has 0 aliphatic heterocycles. The van der Waals surface area contributed by atoms with Gasteiger partial charge in [0, 0.05) is 12.0 Å². The Morgan fingerprint density at radius 1 is 1.10 bits per heavy atom. The van der Waals surface area contributed by atoms with Crippen molar-refractivity contribution in [1.29, 1.82) is 0 Å². The number of methoxy groups -OCH3 is 1. The van der Waals surface area contributed by atoms with E-state index in [4.69, 9.17) is 14.2 Å². The van der Waals surface area contributed by atoms with Crippen LogP contribution in [0.1, 0.15) is 45.6 Å². The van der Waals surface area contributed by atoms with Crippen LogP contribution in [0, 0.1) is 5.92 Å². The highest BCUT2D eigenvalue weighted by Crippen LogP contribution is 2.29. The van der Waals surface area contributed by atoms with Crippen molar-refractivity contribution in [2.75, 3.05) is 7.11 Å². The van der Waals surface area contributed by atoms with Gasteiger partial charge in [-0.05, 0) is 39.2 Å². The molecule has 0 aromatic heterocycles. The Morgan fingerprint density at radius 3 is 2.41 bits per heavy atom. The Labute approximate surface area is 171 Å². The molecule has 2 rings (SSSR count). The average molecular weight is 406 g/mol. The van der Waals surface area contributed by atoms with Crippen LogP contribution >= 0.6 is 0 Å². The predicted molar refractivity (Wildman–Crippen MR) is 106 cm³/mol. The van der Waals surface area contributed by atoms with E-state index in [9.17, 15) is 14.4 Å². The summed E-state index contributed by atoms with van der Waals surface area (Å²) in [4.78, 5) is 36.7. The van der Waals surface area contributed by atoms with Gasteiger partial charge in [-0.15, -0.1) is 0 Å². The normalized spacial score (nSPS) is 19.7. The van der Waals surface area contributed by atoms with Crippen LogP contribution in [0.4, 0.5) is 9.59 Å².